The van der Waals surface area contributed by atoms with Gasteiger partial charge in [-0.1, -0.05) is 35.7 Å². The van der Waals surface area contributed by atoms with Gasteiger partial charge in [-0.05, 0) is 24.7 Å². The number of hydrogen-bond acceptors (Lipinski definition) is 1. The van der Waals surface area contributed by atoms with Crippen molar-refractivity contribution >= 4 is 15.9 Å². The molecule has 0 aromatic carbocycles. The van der Waals surface area contributed by atoms with Gasteiger partial charge in [-0.15, -0.1) is 0 Å². The first kappa shape index (κ1) is 10.5. The van der Waals surface area contributed by atoms with Crippen LogP contribution < -0.4 is 0 Å². The van der Waals surface area contributed by atoms with Gasteiger partial charge in [0.2, 0.25) is 0 Å². The first-order valence-electron chi connectivity index (χ1n) is 4.88. The molecule has 0 aromatic heterocycles. The third-order valence-electron chi connectivity index (χ3n) is 3.03. The number of halogens is 1. The Bertz CT molecular complexity index is 127. The number of methoxy groups -OCH3 is 1. The zero-order valence-electron chi connectivity index (χ0n) is 8.05. The van der Waals surface area contributed by atoms with Crippen LogP contribution >= 0.6 is 15.9 Å². The van der Waals surface area contributed by atoms with Gasteiger partial charge in [-0.3, -0.25) is 0 Å². The lowest BCUT2D eigenvalue weighted by Gasteiger charge is -2.33. The van der Waals surface area contributed by atoms with E-state index in [-0.39, 0.29) is 0 Å². The lowest BCUT2D eigenvalue weighted by molar-refractivity contribution is 0.00627. The van der Waals surface area contributed by atoms with Gasteiger partial charge in [0.05, 0.1) is 6.10 Å². The molecule has 0 amide bonds. The smallest absolute Gasteiger partial charge is 0.0602 e. The number of alkyl halides is 1. The number of ether oxygens (including phenoxy) is 1. The zero-order valence-corrected chi connectivity index (χ0v) is 9.64. The van der Waals surface area contributed by atoms with Crippen LogP contribution in [0, 0.1) is 11.8 Å². The Morgan fingerprint density at radius 2 is 2.08 bits per heavy atom. The van der Waals surface area contributed by atoms with Crippen LogP contribution in [0.15, 0.2) is 0 Å². The van der Waals surface area contributed by atoms with Crippen molar-refractivity contribution in [2.45, 2.75) is 38.7 Å². The first-order valence-corrected chi connectivity index (χ1v) is 6.00. The van der Waals surface area contributed by atoms with Crippen LogP contribution in [0.1, 0.15) is 32.6 Å². The van der Waals surface area contributed by atoms with Gasteiger partial charge < -0.3 is 4.74 Å². The summed E-state index contributed by atoms with van der Waals surface area (Å²) in [5.41, 5.74) is 0. The van der Waals surface area contributed by atoms with Crippen LogP contribution in [0.4, 0.5) is 0 Å². The summed E-state index contributed by atoms with van der Waals surface area (Å²) in [5, 5.41) is 1.11. The Morgan fingerprint density at radius 1 is 1.42 bits per heavy atom. The van der Waals surface area contributed by atoms with Crippen molar-refractivity contribution in [2.75, 3.05) is 12.4 Å². The second kappa shape index (κ2) is 5.23. The van der Waals surface area contributed by atoms with E-state index in [0.29, 0.717) is 6.10 Å². The van der Waals surface area contributed by atoms with Crippen molar-refractivity contribution in [1.82, 2.24) is 0 Å². The van der Waals surface area contributed by atoms with Gasteiger partial charge in [0.25, 0.3) is 0 Å². The Hall–Kier alpha value is 0.440. The molecule has 1 saturated carbocycles. The predicted octanol–water partition coefficient (Wildman–Crippen LogP) is 3.22. The fourth-order valence-electron chi connectivity index (χ4n) is 2.18. The van der Waals surface area contributed by atoms with E-state index in [2.05, 4.69) is 22.9 Å². The number of rotatable bonds is 3. The molecule has 72 valence electrons. The highest BCUT2D eigenvalue weighted by Gasteiger charge is 2.28. The topological polar surface area (TPSA) is 9.23 Å². The van der Waals surface area contributed by atoms with Crippen molar-refractivity contribution in [2.24, 2.45) is 11.8 Å². The van der Waals surface area contributed by atoms with E-state index < -0.39 is 0 Å². The largest absolute Gasteiger partial charge is 0.381 e. The van der Waals surface area contributed by atoms with E-state index in [9.17, 15) is 0 Å². The zero-order chi connectivity index (χ0) is 8.97. The maximum absolute atomic E-state index is 5.51. The highest BCUT2D eigenvalue weighted by molar-refractivity contribution is 9.09. The van der Waals surface area contributed by atoms with Crippen LogP contribution in [0.2, 0.25) is 0 Å². The summed E-state index contributed by atoms with van der Waals surface area (Å²) in [7, 11) is 1.85. The highest BCUT2D eigenvalue weighted by atomic mass is 79.9. The fraction of sp³-hybridized carbons (Fsp3) is 1.00. The molecular formula is C10H19BrO. The second-order valence-corrected chi connectivity index (χ2v) is 4.50. The molecule has 1 aliphatic rings. The summed E-state index contributed by atoms with van der Waals surface area (Å²) >= 11 is 3.55. The first-order chi connectivity index (χ1) is 5.79. The summed E-state index contributed by atoms with van der Waals surface area (Å²) in [6.07, 6.45) is 5.88. The molecule has 12 heavy (non-hydrogen) atoms. The average Bonchev–Trinajstić information content (AvgIpc) is 2.16. The van der Waals surface area contributed by atoms with Gasteiger partial charge in [-0.25, -0.2) is 0 Å². The van der Waals surface area contributed by atoms with Gasteiger partial charge in [0, 0.05) is 12.4 Å². The quantitative estimate of drug-likeness (QED) is 0.682. The molecule has 1 aliphatic carbocycles. The molecule has 0 N–H and O–H groups in total. The Labute approximate surface area is 84.0 Å². The Morgan fingerprint density at radius 3 is 2.67 bits per heavy atom. The SMILES string of the molecule is COC1CCCCC1C(C)CBr. The van der Waals surface area contributed by atoms with Gasteiger partial charge in [-0.2, -0.15) is 0 Å². The van der Waals surface area contributed by atoms with Crippen molar-refractivity contribution in [3.8, 4) is 0 Å². The van der Waals surface area contributed by atoms with E-state index in [1.165, 1.54) is 25.7 Å². The van der Waals surface area contributed by atoms with E-state index >= 15 is 0 Å². The highest BCUT2D eigenvalue weighted by Crippen LogP contribution is 2.32. The maximum Gasteiger partial charge on any atom is 0.0602 e. The van der Waals surface area contributed by atoms with E-state index in [0.717, 1.165) is 17.2 Å². The summed E-state index contributed by atoms with van der Waals surface area (Å²) in [5.74, 6) is 1.54. The summed E-state index contributed by atoms with van der Waals surface area (Å²) in [4.78, 5) is 0. The molecule has 1 rings (SSSR count). The third kappa shape index (κ3) is 2.46. The van der Waals surface area contributed by atoms with Gasteiger partial charge in [0.15, 0.2) is 0 Å². The van der Waals surface area contributed by atoms with Crippen LogP contribution in [0.3, 0.4) is 0 Å². The summed E-state index contributed by atoms with van der Waals surface area (Å²) in [6, 6.07) is 0. The Balaban J connectivity index is 2.46. The van der Waals surface area contributed by atoms with E-state index in [1.54, 1.807) is 0 Å². The molecule has 0 bridgehead atoms. The summed E-state index contributed by atoms with van der Waals surface area (Å²) < 4.78 is 5.51. The summed E-state index contributed by atoms with van der Waals surface area (Å²) in [6.45, 7) is 2.32. The number of hydrogen-bond donors (Lipinski definition) is 0. The van der Waals surface area contributed by atoms with Gasteiger partial charge >= 0.3 is 0 Å². The van der Waals surface area contributed by atoms with Crippen molar-refractivity contribution in [3.63, 3.8) is 0 Å². The third-order valence-corrected chi connectivity index (χ3v) is 4.05. The van der Waals surface area contributed by atoms with Crippen molar-refractivity contribution in [3.05, 3.63) is 0 Å². The van der Waals surface area contributed by atoms with Gasteiger partial charge in [0.1, 0.15) is 0 Å². The fourth-order valence-corrected chi connectivity index (χ4v) is 2.66. The van der Waals surface area contributed by atoms with Crippen LogP contribution in [-0.4, -0.2) is 18.5 Å². The molecule has 0 spiro atoms. The van der Waals surface area contributed by atoms with E-state index in [4.69, 9.17) is 4.74 Å². The molecule has 0 heterocycles. The molecule has 0 radical (unpaired) electrons. The molecule has 3 atom stereocenters. The minimum atomic E-state index is 0.520. The second-order valence-electron chi connectivity index (χ2n) is 3.85. The molecule has 0 saturated heterocycles. The molecule has 0 aliphatic heterocycles. The molecule has 1 nitrogen and oxygen atoms in total. The molecule has 3 unspecified atom stereocenters. The maximum atomic E-state index is 5.51. The molecular weight excluding hydrogens is 216 g/mol. The standard InChI is InChI=1S/C10H19BrO/c1-8(7-11)9-5-3-4-6-10(9)12-2/h8-10H,3-7H2,1-2H3. The Kier molecular flexibility index (Phi) is 4.59. The lowest BCUT2D eigenvalue weighted by Crippen LogP contribution is -2.32. The average molecular weight is 235 g/mol. The molecule has 2 heteroatoms. The normalized spacial score (nSPS) is 33.2. The van der Waals surface area contributed by atoms with Crippen LogP contribution in [0.5, 0.6) is 0 Å². The molecule has 0 aromatic rings. The monoisotopic (exact) mass is 234 g/mol. The lowest BCUT2D eigenvalue weighted by atomic mass is 9.79. The molecule has 1 fully saturated rings. The van der Waals surface area contributed by atoms with Crippen LogP contribution in [-0.2, 0) is 4.74 Å². The minimum Gasteiger partial charge on any atom is -0.381 e. The van der Waals surface area contributed by atoms with Crippen molar-refractivity contribution in [1.29, 1.82) is 0 Å². The van der Waals surface area contributed by atoms with E-state index in [1.807, 2.05) is 7.11 Å². The van der Waals surface area contributed by atoms with Crippen LogP contribution in [0.25, 0.3) is 0 Å². The van der Waals surface area contributed by atoms with Crippen molar-refractivity contribution < 1.29 is 4.74 Å². The predicted molar refractivity (Wildman–Crippen MR) is 55.7 cm³/mol. The minimum absolute atomic E-state index is 0.520.